The van der Waals surface area contributed by atoms with E-state index in [0.717, 1.165) is 0 Å². The molecule has 0 spiro atoms. The molecule has 7 heteroatoms. The molecule has 0 unspecified atom stereocenters. The zero-order valence-electron chi connectivity index (χ0n) is 11.9. The number of pyridine rings is 1. The Morgan fingerprint density at radius 1 is 1.24 bits per heavy atom. The summed E-state index contributed by atoms with van der Waals surface area (Å²) in [6.07, 6.45) is 1.31. The lowest BCUT2D eigenvalue weighted by Gasteiger charge is -2.21. The van der Waals surface area contributed by atoms with Crippen LogP contribution in [0, 0.1) is 0 Å². The van der Waals surface area contributed by atoms with E-state index in [1.54, 1.807) is 30.3 Å². The molecule has 1 heterocycles. The van der Waals surface area contributed by atoms with Crippen LogP contribution in [0.2, 0.25) is 0 Å². The van der Waals surface area contributed by atoms with Gasteiger partial charge in [0.15, 0.2) is 0 Å². The highest BCUT2D eigenvalue weighted by molar-refractivity contribution is 7.92. The Hall–Kier alpha value is -2.12. The third-order valence-corrected chi connectivity index (χ3v) is 4.84. The van der Waals surface area contributed by atoms with Gasteiger partial charge in [-0.05, 0) is 24.3 Å². The van der Waals surface area contributed by atoms with Crippen LogP contribution in [0.5, 0.6) is 5.75 Å². The molecule has 0 aliphatic carbocycles. The van der Waals surface area contributed by atoms with Gasteiger partial charge in [-0.2, -0.15) is 0 Å². The smallest absolute Gasteiger partial charge is 0.265 e. The summed E-state index contributed by atoms with van der Waals surface area (Å²) in [5.74, 6) is 0.482. The average molecular weight is 307 g/mol. The van der Waals surface area contributed by atoms with E-state index < -0.39 is 10.0 Å². The van der Waals surface area contributed by atoms with E-state index in [4.69, 9.17) is 10.5 Å². The number of anilines is 1. The van der Waals surface area contributed by atoms with Gasteiger partial charge in [0, 0.05) is 19.8 Å². The van der Waals surface area contributed by atoms with Gasteiger partial charge in [0.05, 0.1) is 18.5 Å². The van der Waals surface area contributed by atoms with Crippen LogP contribution in [0.1, 0.15) is 5.69 Å². The Labute approximate surface area is 124 Å². The van der Waals surface area contributed by atoms with Crippen molar-refractivity contribution in [3.8, 4) is 5.75 Å². The van der Waals surface area contributed by atoms with Crippen molar-refractivity contribution < 1.29 is 13.2 Å². The van der Waals surface area contributed by atoms with E-state index in [9.17, 15) is 8.42 Å². The summed E-state index contributed by atoms with van der Waals surface area (Å²) in [6, 6.07) is 10.0. The van der Waals surface area contributed by atoms with Crippen LogP contribution in [0.4, 0.5) is 5.69 Å². The van der Waals surface area contributed by atoms with Crippen molar-refractivity contribution in [3.63, 3.8) is 0 Å². The molecule has 2 N–H and O–H groups in total. The van der Waals surface area contributed by atoms with Gasteiger partial charge in [-0.3, -0.25) is 9.29 Å². The first-order valence-electron chi connectivity index (χ1n) is 6.27. The molecule has 0 bridgehead atoms. The molecule has 0 aliphatic rings. The van der Waals surface area contributed by atoms with Crippen molar-refractivity contribution in [3.05, 3.63) is 48.3 Å². The Morgan fingerprint density at radius 3 is 2.52 bits per heavy atom. The topological polar surface area (TPSA) is 85.5 Å². The van der Waals surface area contributed by atoms with Gasteiger partial charge in [0.1, 0.15) is 10.6 Å². The summed E-state index contributed by atoms with van der Waals surface area (Å²) in [6.45, 7) is 0.267. The van der Waals surface area contributed by atoms with Crippen molar-refractivity contribution in [1.29, 1.82) is 0 Å². The first kappa shape index (κ1) is 15.3. The Morgan fingerprint density at radius 2 is 1.95 bits per heavy atom. The fourth-order valence-electron chi connectivity index (χ4n) is 1.86. The van der Waals surface area contributed by atoms with E-state index in [0.29, 0.717) is 17.1 Å². The van der Waals surface area contributed by atoms with Gasteiger partial charge < -0.3 is 10.5 Å². The lowest BCUT2D eigenvalue weighted by molar-refractivity contribution is 0.416. The number of nitrogens with two attached hydrogens (primary N) is 1. The standard InChI is InChI=1S/C14H17N3O3S/c1-17(13-5-3-4-6-14(13)20-2)21(18,19)12-8-7-11(9-15)16-10-12/h3-8,10H,9,15H2,1-2H3. The summed E-state index contributed by atoms with van der Waals surface area (Å²) in [4.78, 5) is 4.12. The Balaban J connectivity index is 2.42. The third kappa shape index (κ3) is 2.98. The second kappa shape index (κ2) is 6.11. The van der Waals surface area contributed by atoms with Crippen molar-refractivity contribution in [2.75, 3.05) is 18.5 Å². The van der Waals surface area contributed by atoms with Gasteiger partial charge in [-0.1, -0.05) is 12.1 Å². The van der Waals surface area contributed by atoms with Gasteiger partial charge in [-0.25, -0.2) is 8.42 Å². The molecule has 0 saturated carbocycles. The fourth-order valence-corrected chi connectivity index (χ4v) is 3.01. The van der Waals surface area contributed by atoms with Crippen LogP contribution < -0.4 is 14.8 Å². The maximum absolute atomic E-state index is 12.6. The van der Waals surface area contributed by atoms with Crippen molar-refractivity contribution in [2.24, 2.45) is 5.73 Å². The number of hydrogen-bond acceptors (Lipinski definition) is 5. The summed E-state index contributed by atoms with van der Waals surface area (Å²) < 4.78 is 31.6. The van der Waals surface area contributed by atoms with Crippen LogP contribution >= 0.6 is 0 Å². The number of sulfonamides is 1. The molecule has 1 aromatic carbocycles. The maximum Gasteiger partial charge on any atom is 0.265 e. The van der Waals surface area contributed by atoms with Gasteiger partial charge >= 0.3 is 0 Å². The Kier molecular flexibility index (Phi) is 4.44. The van der Waals surface area contributed by atoms with Gasteiger partial charge in [0.2, 0.25) is 0 Å². The monoisotopic (exact) mass is 307 g/mol. The molecule has 0 aliphatic heterocycles. The maximum atomic E-state index is 12.6. The van der Waals surface area contributed by atoms with Gasteiger partial charge in [-0.15, -0.1) is 0 Å². The molecule has 2 aromatic rings. The summed E-state index contributed by atoms with van der Waals surface area (Å²) in [5, 5.41) is 0. The van der Waals surface area contributed by atoms with Crippen LogP contribution in [0.15, 0.2) is 47.5 Å². The highest BCUT2D eigenvalue weighted by Gasteiger charge is 2.23. The van der Waals surface area contributed by atoms with Crippen LogP contribution in [0.25, 0.3) is 0 Å². The average Bonchev–Trinajstić information content (AvgIpc) is 2.54. The fraction of sp³-hybridized carbons (Fsp3) is 0.214. The number of benzene rings is 1. The molecule has 112 valence electrons. The molecule has 2 rings (SSSR count). The minimum absolute atomic E-state index is 0.105. The number of para-hydroxylation sites is 2. The zero-order chi connectivity index (χ0) is 15.5. The van der Waals surface area contributed by atoms with Crippen LogP contribution in [-0.2, 0) is 16.6 Å². The molecule has 0 radical (unpaired) electrons. The van der Waals surface area contributed by atoms with Crippen molar-refractivity contribution >= 4 is 15.7 Å². The van der Waals surface area contributed by atoms with E-state index >= 15 is 0 Å². The zero-order valence-corrected chi connectivity index (χ0v) is 12.7. The summed E-state index contributed by atoms with van der Waals surface area (Å²) in [5.41, 5.74) is 6.55. The highest BCUT2D eigenvalue weighted by atomic mass is 32.2. The number of aromatic nitrogens is 1. The second-order valence-corrected chi connectivity index (χ2v) is 6.30. The molecule has 21 heavy (non-hydrogen) atoms. The second-order valence-electron chi connectivity index (χ2n) is 4.33. The minimum Gasteiger partial charge on any atom is -0.495 e. The number of rotatable bonds is 5. The molecule has 0 atom stereocenters. The molecule has 1 aromatic heterocycles. The first-order valence-corrected chi connectivity index (χ1v) is 7.71. The minimum atomic E-state index is -3.70. The van der Waals surface area contributed by atoms with Gasteiger partial charge in [0.25, 0.3) is 10.0 Å². The molecular weight excluding hydrogens is 290 g/mol. The lowest BCUT2D eigenvalue weighted by Crippen LogP contribution is -2.27. The normalized spacial score (nSPS) is 11.2. The van der Waals surface area contributed by atoms with E-state index in [1.165, 1.54) is 30.7 Å². The molecule has 0 amide bonds. The number of hydrogen-bond donors (Lipinski definition) is 1. The largest absolute Gasteiger partial charge is 0.495 e. The summed E-state index contributed by atoms with van der Waals surface area (Å²) in [7, 11) is -0.726. The van der Waals surface area contributed by atoms with E-state index in [1.807, 2.05) is 0 Å². The molecule has 0 fully saturated rings. The molecular formula is C14H17N3O3S. The quantitative estimate of drug-likeness (QED) is 0.902. The van der Waals surface area contributed by atoms with Crippen LogP contribution in [0.3, 0.4) is 0 Å². The number of nitrogens with zero attached hydrogens (tertiary/aromatic N) is 2. The van der Waals surface area contributed by atoms with Crippen molar-refractivity contribution in [1.82, 2.24) is 4.98 Å². The van der Waals surface area contributed by atoms with Crippen molar-refractivity contribution in [2.45, 2.75) is 11.4 Å². The van der Waals surface area contributed by atoms with E-state index in [2.05, 4.69) is 4.98 Å². The van der Waals surface area contributed by atoms with E-state index in [-0.39, 0.29) is 11.4 Å². The highest BCUT2D eigenvalue weighted by Crippen LogP contribution is 2.30. The predicted octanol–water partition coefficient (Wildman–Crippen LogP) is 1.37. The first-order chi connectivity index (χ1) is 10.0. The van der Waals surface area contributed by atoms with Crippen LogP contribution in [-0.4, -0.2) is 27.6 Å². The number of ether oxygens (including phenoxy) is 1. The molecule has 0 saturated heterocycles. The SMILES string of the molecule is COc1ccccc1N(C)S(=O)(=O)c1ccc(CN)nc1. The number of methoxy groups -OCH3 is 1. The lowest BCUT2D eigenvalue weighted by atomic mass is 10.3. The summed E-state index contributed by atoms with van der Waals surface area (Å²) >= 11 is 0. The third-order valence-electron chi connectivity index (χ3n) is 3.09. The molecule has 6 nitrogen and oxygen atoms in total. The predicted molar refractivity (Wildman–Crippen MR) is 80.7 cm³/mol. The Bertz CT molecular complexity index is 714.